The monoisotopic (exact) mass is 245 g/mol. The van der Waals surface area contributed by atoms with Gasteiger partial charge < -0.3 is 15.8 Å². The molecule has 5 nitrogen and oxygen atoms in total. The third kappa shape index (κ3) is 3.26. The molecule has 5 heteroatoms. The molecule has 0 bridgehead atoms. The molecule has 0 saturated heterocycles. The minimum atomic E-state index is -0.208. The molecule has 0 unspecified atom stereocenters. The number of nitrogens with zero attached hydrogens (tertiary/aromatic N) is 1. The molecule has 0 fully saturated rings. The Balaban J connectivity index is 2.01. The van der Waals surface area contributed by atoms with Crippen molar-refractivity contribution in [3.8, 4) is 0 Å². The number of pyridine rings is 1. The minimum absolute atomic E-state index is 0.00399. The predicted octanol–water partition coefficient (Wildman–Crippen LogP) is 1.15. The van der Waals surface area contributed by atoms with E-state index in [1.807, 2.05) is 30.3 Å². The first-order chi connectivity index (χ1) is 8.79. The van der Waals surface area contributed by atoms with Gasteiger partial charge in [0.2, 0.25) is 5.91 Å². The molecular formula is C13H15N3O2. The van der Waals surface area contributed by atoms with Crippen LogP contribution >= 0.6 is 0 Å². The number of para-hydroxylation sites is 1. The van der Waals surface area contributed by atoms with Crippen molar-refractivity contribution in [1.29, 1.82) is 0 Å². The molecule has 2 rings (SSSR count). The van der Waals surface area contributed by atoms with Gasteiger partial charge in [0, 0.05) is 11.9 Å². The SMILES string of the molecule is NCCOCC(=O)Nc1cnc2ccccc2c1. The topological polar surface area (TPSA) is 77.2 Å². The molecule has 0 spiro atoms. The van der Waals surface area contributed by atoms with Crippen LogP contribution in [-0.4, -0.2) is 30.6 Å². The molecule has 0 atom stereocenters. The molecule has 2 aromatic rings. The van der Waals surface area contributed by atoms with Crippen LogP contribution in [0.25, 0.3) is 10.9 Å². The van der Waals surface area contributed by atoms with Crippen molar-refractivity contribution in [1.82, 2.24) is 4.98 Å². The number of aromatic nitrogens is 1. The lowest BCUT2D eigenvalue weighted by atomic mass is 10.2. The summed E-state index contributed by atoms with van der Waals surface area (Å²) in [7, 11) is 0. The van der Waals surface area contributed by atoms with Crippen LogP contribution in [0.5, 0.6) is 0 Å². The molecule has 0 aliphatic carbocycles. The van der Waals surface area contributed by atoms with Crippen LogP contribution in [0, 0.1) is 0 Å². The second kappa shape index (κ2) is 6.09. The number of anilines is 1. The Kier molecular flexibility index (Phi) is 4.22. The Bertz CT molecular complexity index is 543. The summed E-state index contributed by atoms with van der Waals surface area (Å²) in [6.45, 7) is 0.790. The molecule has 0 aliphatic heterocycles. The van der Waals surface area contributed by atoms with Crippen molar-refractivity contribution in [2.75, 3.05) is 25.1 Å². The Hall–Kier alpha value is -1.98. The van der Waals surface area contributed by atoms with Gasteiger partial charge in [-0.1, -0.05) is 18.2 Å². The Morgan fingerprint density at radius 2 is 2.22 bits per heavy atom. The summed E-state index contributed by atoms with van der Waals surface area (Å²) in [5.74, 6) is -0.208. The highest BCUT2D eigenvalue weighted by atomic mass is 16.5. The smallest absolute Gasteiger partial charge is 0.250 e. The molecule has 1 aromatic carbocycles. The van der Waals surface area contributed by atoms with Gasteiger partial charge in [-0.3, -0.25) is 9.78 Å². The summed E-state index contributed by atoms with van der Waals surface area (Å²) in [5.41, 5.74) is 6.82. The first kappa shape index (κ1) is 12.5. The van der Waals surface area contributed by atoms with Crippen LogP contribution in [-0.2, 0) is 9.53 Å². The van der Waals surface area contributed by atoms with Crippen molar-refractivity contribution in [3.63, 3.8) is 0 Å². The zero-order valence-corrected chi connectivity index (χ0v) is 9.93. The van der Waals surface area contributed by atoms with Crippen LogP contribution < -0.4 is 11.1 Å². The molecule has 18 heavy (non-hydrogen) atoms. The number of benzene rings is 1. The Morgan fingerprint density at radius 3 is 3.06 bits per heavy atom. The van der Waals surface area contributed by atoms with Gasteiger partial charge in [-0.2, -0.15) is 0 Å². The van der Waals surface area contributed by atoms with Crippen LogP contribution in [0.2, 0.25) is 0 Å². The first-order valence-electron chi connectivity index (χ1n) is 5.72. The molecule has 1 aromatic heterocycles. The van der Waals surface area contributed by atoms with E-state index in [9.17, 15) is 4.79 Å². The molecule has 0 saturated carbocycles. The summed E-state index contributed by atoms with van der Waals surface area (Å²) in [6, 6.07) is 9.60. The second-order valence-corrected chi connectivity index (χ2v) is 3.81. The van der Waals surface area contributed by atoms with E-state index >= 15 is 0 Å². The average Bonchev–Trinajstić information content (AvgIpc) is 2.39. The van der Waals surface area contributed by atoms with Gasteiger partial charge in [0.15, 0.2) is 0 Å². The van der Waals surface area contributed by atoms with E-state index in [1.165, 1.54) is 0 Å². The van der Waals surface area contributed by atoms with E-state index in [0.717, 1.165) is 10.9 Å². The van der Waals surface area contributed by atoms with E-state index in [2.05, 4.69) is 10.3 Å². The van der Waals surface area contributed by atoms with Gasteiger partial charge >= 0.3 is 0 Å². The normalized spacial score (nSPS) is 10.5. The molecule has 1 heterocycles. The fraction of sp³-hybridized carbons (Fsp3) is 0.231. The first-order valence-corrected chi connectivity index (χ1v) is 5.72. The van der Waals surface area contributed by atoms with E-state index in [0.29, 0.717) is 18.8 Å². The largest absolute Gasteiger partial charge is 0.370 e. The maximum Gasteiger partial charge on any atom is 0.250 e. The lowest BCUT2D eigenvalue weighted by molar-refractivity contribution is -0.120. The minimum Gasteiger partial charge on any atom is -0.370 e. The number of carbonyl (C=O) groups is 1. The average molecular weight is 245 g/mol. The number of carbonyl (C=O) groups excluding carboxylic acids is 1. The van der Waals surface area contributed by atoms with Gasteiger partial charge in [-0.05, 0) is 12.1 Å². The van der Waals surface area contributed by atoms with E-state index in [4.69, 9.17) is 10.5 Å². The number of nitrogens with two attached hydrogens (primary N) is 1. The summed E-state index contributed by atoms with van der Waals surface area (Å²) >= 11 is 0. The van der Waals surface area contributed by atoms with Gasteiger partial charge in [0.25, 0.3) is 0 Å². The summed E-state index contributed by atoms with van der Waals surface area (Å²) < 4.78 is 5.05. The van der Waals surface area contributed by atoms with Crippen LogP contribution in [0.4, 0.5) is 5.69 Å². The number of hydrogen-bond acceptors (Lipinski definition) is 4. The van der Waals surface area contributed by atoms with E-state index < -0.39 is 0 Å². The highest BCUT2D eigenvalue weighted by Crippen LogP contribution is 2.15. The fourth-order valence-corrected chi connectivity index (χ4v) is 1.58. The van der Waals surface area contributed by atoms with Gasteiger partial charge in [0.1, 0.15) is 6.61 Å². The van der Waals surface area contributed by atoms with E-state index in [1.54, 1.807) is 6.20 Å². The predicted molar refractivity (Wildman–Crippen MR) is 70.2 cm³/mol. The molecule has 0 aliphatic rings. The summed E-state index contributed by atoms with van der Waals surface area (Å²) in [4.78, 5) is 15.8. The molecule has 94 valence electrons. The number of hydrogen-bond donors (Lipinski definition) is 2. The zero-order valence-electron chi connectivity index (χ0n) is 9.93. The number of rotatable bonds is 5. The maximum absolute atomic E-state index is 11.5. The van der Waals surface area contributed by atoms with Crippen molar-refractivity contribution in [3.05, 3.63) is 36.5 Å². The second-order valence-electron chi connectivity index (χ2n) is 3.81. The lowest BCUT2D eigenvalue weighted by Gasteiger charge is -2.06. The highest BCUT2D eigenvalue weighted by molar-refractivity contribution is 5.93. The van der Waals surface area contributed by atoms with Crippen LogP contribution in [0.3, 0.4) is 0 Å². The van der Waals surface area contributed by atoms with Crippen LogP contribution in [0.1, 0.15) is 0 Å². The molecular weight excluding hydrogens is 230 g/mol. The third-order valence-corrected chi connectivity index (χ3v) is 2.37. The number of nitrogens with one attached hydrogen (secondary N) is 1. The third-order valence-electron chi connectivity index (χ3n) is 2.37. The summed E-state index contributed by atoms with van der Waals surface area (Å²) in [6.07, 6.45) is 1.63. The highest BCUT2D eigenvalue weighted by Gasteiger charge is 2.03. The van der Waals surface area contributed by atoms with Crippen LogP contribution in [0.15, 0.2) is 36.5 Å². The fourth-order valence-electron chi connectivity index (χ4n) is 1.58. The molecule has 1 amide bonds. The quantitative estimate of drug-likeness (QED) is 0.775. The number of amides is 1. The Labute approximate surface area is 105 Å². The van der Waals surface area contributed by atoms with Crippen molar-refractivity contribution < 1.29 is 9.53 Å². The Morgan fingerprint density at radius 1 is 1.39 bits per heavy atom. The molecule has 3 N–H and O–H groups in total. The number of ether oxygens (including phenoxy) is 1. The number of fused-ring (bicyclic) bond motifs is 1. The maximum atomic E-state index is 11.5. The molecule has 0 radical (unpaired) electrons. The summed E-state index contributed by atoms with van der Waals surface area (Å²) in [5, 5.41) is 3.71. The van der Waals surface area contributed by atoms with Gasteiger partial charge in [-0.15, -0.1) is 0 Å². The van der Waals surface area contributed by atoms with E-state index in [-0.39, 0.29) is 12.5 Å². The van der Waals surface area contributed by atoms with Crippen molar-refractivity contribution in [2.24, 2.45) is 5.73 Å². The zero-order chi connectivity index (χ0) is 12.8. The van der Waals surface area contributed by atoms with Crippen molar-refractivity contribution in [2.45, 2.75) is 0 Å². The van der Waals surface area contributed by atoms with Crippen molar-refractivity contribution >= 4 is 22.5 Å². The standard InChI is InChI=1S/C13H15N3O2/c14-5-6-18-9-13(17)16-11-7-10-3-1-2-4-12(10)15-8-11/h1-4,7-8H,5-6,9,14H2,(H,16,17). The lowest BCUT2D eigenvalue weighted by Crippen LogP contribution is -2.20. The van der Waals surface area contributed by atoms with Gasteiger partial charge in [0.05, 0.1) is 24.0 Å². The van der Waals surface area contributed by atoms with Gasteiger partial charge in [-0.25, -0.2) is 0 Å².